The van der Waals surface area contributed by atoms with Gasteiger partial charge in [-0.25, -0.2) is 8.42 Å². The summed E-state index contributed by atoms with van der Waals surface area (Å²) in [5.41, 5.74) is 2.30. The van der Waals surface area contributed by atoms with Gasteiger partial charge in [-0.3, -0.25) is 9.36 Å². The molecule has 1 amide bonds. The lowest BCUT2D eigenvalue weighted by molar-refractivity contribution is -0.113. The molecule has 1 N–H and O–H groups in total. The second kappa shape index (κ2) is 10.7. The van der Waals surface area contributed by atoms with Gasteiger partial charge in [0.2, 0.25) is 5.91 Å². The smallest absolute Gasteiger partial charge is 0.234 e. The van der Waals surface area contributed by atoms with Crippen molar-refractivity contribution < 1.29 is 17.9 Å². The van der Waals surface area contributed by atoms with Gasteiger partial charge >= 0.3 is 0 Å². The topological polar surface area (TPSA) is 103 Å². The van der Waals surface area contributed by atoms with Crippen LogP contribution in [0, 0.1) is 6.92 Å². The number of benzene rings is 3. The van der Waals surface area contributed by atoms with Gasteiger partial charge in [-0.05, 0) is 43.3 Å². The van der Waals surface area contributed by atoms with Crippen LogP contribution < -0.4 is 10.1 Å². The van der Waals surface area contributed by atoms with Crippen molar-refractivity contribution in [1.82, 2.24) is 14.8 Å². The van der Waals surface area contributed by atoms with E-state index in [0.29, 0.717) is 22.3 Å². The Morgan fingerprint density at radius 2 is 1.74 bits per heavy atom. The van der Waals surface area contributed by atoms with Gasteiger partial charge in [0.1, 0.15) is 11.5 Å². The van der Waals surface area contributed by atoms with E-state index in [-0.39, 0.29) is 28.1 Å². The van der Waals surface area contributed by atoms with E-state index < -0.39 is 9.84 Å². The number of anilines is 1. The number of aryl methyl sites for hydroxylation is 1. The van der Waals surface area contributed by atoms with Crippen molar-refractivity contribution in [3.05, 3.63) is 90.3 Å². The third kappa shape index (κ3) is 6.09. The number of rotatable bonds is 9. The Morgan fingerprint density at radius 3 is 2.46 bits per heavy atom. The number of hydrogen-bond donors (Lipinski definition) is 1. The highest BCUT2D eigenvalue weighted by Crippen LogP contribution is 2.25. The van der Waals surface area contributed by atoms with Gasteiger partial charge in [0, 0.05) is 17.4 Å². The number of amides is 1. The summed E-state index contributed by atoms with van der Waals surface area (Å²) in [6.45, 7) is 1.90. The molecule has 35 heavy (non-hydrogen) atoms. The van der Waals surface area contributed by atoms with Crippen LogP contribution >= 0.6 is 11.8 Å². The van der Waals surface area contributed by atoms with Gasteiger partial charge in [0.25, 0.3) is 0 Å². The van der Waals surface area contributed by atoms with E-state index in [1.807, 2.05) is 37.3 Å². The molecule has 0 spiro atoms. The normalized spacial score (nSPS) is 11.3. The molecule has 0 saturated carbocycles. The van der Waals surface area contributed by atoms with Gasteiger partial charge in [-0.15, -0.1) is 10.2 Å². The first-order valence-electron chi connectivity index (χ1n) is 10.7. The fraction of sp³-hybridized carbons (Fsp3) is 0.160. The third-order valence-corrected chi connectivity index (χ3v) is 7.66. The van der Waals surface area contributed by atoms with Crippen molar-refractivity contribution in [2.75, 3.05) is 18.2 Å². The molecule has 180 valence electrons. The Bertz CT molecular complexity index is 1420. The second-order valence-corrected chi connectivity index (χ2v) is 10.6. The number of aromatic nitrogens is 3. The molecule has 3 aromatic carbocycles. The number of thioether (sulfide) groups is 1. The number of sulfone groups is 1. The molecule has 0 radical (unpaired) electrons. The second-order valence-electron chi connectivity index (χ2n) is 7.71. The zero-order valence-electron chi connectivity index (χ0n) is 19.2. The third-order valence-electron chi connectivity index (χ3n) is 5.10. The van der Waals surface area contributed by atoms with Crippen LogP contribution in [0.4, 0.5) is 5.69 Å². The number of hydrogen-bond acceptors (Lipinski definition) is 7. The SMILES string of the molecule is COc1cccc(NC(=O)CSc2nnc(CS(=O)(=O)c3ccc(C)cc3)n2-c2ccccc2)c1. The minimum atomic E-state index is -3.65. The van der Waals surface area contributed by atoms with E-state index in [1.54, 1.807) is 60.2 Å². The number of ether oxygens (including phenoxy) is 1. The van der Waals surface area contributed by atoms with Crippen LogP contribution in [-0.4, -0.2) is 42.0 Å². The summed E-state index contributed by atoms with van der Waals surface area (Å²) in [6, 6.07) is 23.0. The number of nitrogens with one attached hydrogen (secondary N) is 1. The molecule has 0 aliphatic carbocycles. The largest absolute Gasteiger partial charge is 0.497 e. The van der Waals surface area contributed by atoms with E-state index in [9.17, 15) is 13.2 Å². The fourth-order valence-electron chi connectivity index (χ4n) is 3.35. The number of para-hydroxylation sites is 1. The number of methoxy groups -OCH3 is 1. The highest BCUT2D eigenvalue weighted by Gasteiger charge is 2.23. The van der Waals surface area contributed by atoms with E-state index in [4.69, 9.17) is 4.74 Å². The van der Waals surface area contributed by atoms with Crippen LogP contribution in [0.5, 0.6) is 5.75 Å². The molecular weight excluding hydrogens is 484 g/mol. The lowest BCUT2D eigenvalue weighted by Crippen LogP contribution is -2.15. The van der Waals surface area contributed by atoms with Gasteiger partial charge in [-0.2, -0.15) is 0 Å². The summed E-state index contributed by atoms with van der Waals surface area (Å²) < 4.78 is 33.0. The quantitative estimate of drug-likeness (QED) is 0.337. The maximum Gasteiger partial charge on any atom is 0.234 e. The van der Waals surface area contributed by atoms with Gasteiger partial charge < -0.3 is 10.1 Å². The first kappa shape index (κ1) is 24.5. The lowest BCUT2D eigenvalue weighted by atomic mass is 10.2. The summed E-state index contributed by atoms with van der Waals surface area (Å²) in [5, 5.41) is 11.6. The van der Waals surface area contributed by atoms with Gasteiger partial charge in [0.05, 0.1) is 17.8 Å². The number of carbonyl (C=O) groups excluding carboxylic acids is 1. The molecule has 0 bridgehead atoms. The monoisotopic (exact) mass is 508 g/mol. The zero-order chi connectivity index (χ0) is 24.8. The average Bonchev–Trinajstić information content (AvgIpc) is 3.25. The van der Waals surface area contributed by atoms with E-state index in [1.165, 1.54) is 11.8 Å². The van der Waals surface area contributed by atoms with Crippen LogP contribution in [0.3, 0.4) is 0 Å². The average molecular weight is 509 g/mol. The summed E-state index contributed by atoms with van der Waals surface area (Å²) in [4.78, 5) is 12.8. The maximum absolute atomic E-state index is 13.1. The molecule has 0 atom stereocenters. The van der Waals surface area contributed by atoms with Crippen LogP contribution in [0.25, 0.3) is 5.69 Å². The molecule has 0 fully saturated rings. The Hall–Kier alpha value is -3.63. The molecule has 4 aromatic rings. The number of nitrogens with zero attached hydrogens (tertiary/aromatic N) is 3. The van der Waals surface area contributed by atoms with Crippen molar-refractivity contribution in [1.29, 1.82) is 0 Å². The van der Waals surface area contributed by atoms with Crippen LogP contribution in [0.15, 0.2) is 88.9 Å². The molecule has 0 aliphatic rings. The summed E-state index contributed by atoms with van der Waals surface area (Å²) >= 11 is 1.18. The Labute approximate surface area is 208 Å². The van der Waals surface area contributed by atoms with Crippen molar-refractivity contribution in [2.24, 2.45) is 0 Å². The Morgan fingerprint density at radius 1 is 1.00 bits per heavy atom. The van der Waals surface area contributed by atoms with Crippen molar-refractivity contribution >= 4 is 33.2 Å². The van der Waals surface area contributed by atoms with Crippen LogP contribution in [0.1, 0.15) is 11.4 Å². The van der Waals surface area contributed by atoms with Crippen molar-refractivity contribution in [3.8, 4) is 11.4 Å². The first-order chi connectivity index (χ1) is 16.9. The molecule has 10 heteroatoms. The molecule has 1 aromatic heterocycles. The van der Waals surface area contributed by atoms with Gasteiger partial charge in [0.15, 0.2) is 20.8 Å². The molecule has 0 aliphatic heterocycles. The predicted molar refractivity (Wildman–Crippen MR) is 136 cm³/mol. The molecule has 8 nitrogen and oxygen atoms in total. The fourth-order valence-corrected chi connectivity index (χ4v) is 5.37. The van der Waals surface area contributed by atoms with Crippen molar-refractivity contribution in [3.63, 3.8) is 0 Å². The van der Waals surface area contributed by atoms with E-state index >= 15 is 0 Å². The van der Waals surface area contributed by atoms with Crippen LogP contribution in [0.2, 0.25) is 0 Å². The molecule has 0 saturated heterocycles. The lowest BCUT2D eigenvalue weighted by Gasteiger charge is -2.11. The van der Waals surface area contributed by atoms with Crippen molar-refractivity contribution in [2.45, 2.75) is 22.7 Å². The summed E-state index contributed by atoms with van der Waals surface area (Å²) in [7, 11) is -2.09. The first-order valence-corrected chi connectivity index (χ1v) is 13.4. The zero-order valence-corrected chi connectivity index (χ0v) is 20.8. The van der Waals surface area contributed by atoms with E-state index in [2.05, 4.69) is 15.5 Å². The maximum atomic E-state index is 13.1. The molecule has 1 heterocycles. The van der Waals surface area contributed by atoms with E-state index in [0.717, 1.165) is 5.56 Å². The summed E-state index contributed by atoms with van der Waals surface area (Å²) in [5.74, 6) is 0.410. The Balaban J connectivity index is 1.56. The van der Waals surface area contributed by atoms with Crippen LogP contribution in [-0.2, 0) is 20.4 Å². The molecular formula is C25H24N4O4S2. The highest BCUT2D eigenvalue weighted by molar-refractivity contribution is 7.99. The summed E-state index contributed by atoms with van der Waals surface area (Å²) in [6.07, 6.45) is 0. The predicted octanol–water partition coefficient (Wildman–Crippen LogP) is 4.29. The minimum absolute atomic E-state index is 0.0624. The Kier molecular flexibility index (Phi) is 7.52. The highest BCUT2D eigenvalue weighted by atomic mass is 32.2. The minimum Gasteiger partial charge on any atom is -0.497 e. The number of carbonyl (C=O) groups is 1. The van der Waals surface area contributed by atoms with Gasteiger partial charge in [-0.1, -0.05) is 53.7 Å². The molecule has 0 unspecified atom stereocenters. The molecule has 4 rings (SSSR count). The standard InChI is InChI=1S/C25H24N4O4S2/c1-18-11-13-22(14-12-18)35(31,32)17-23-27-28-25(29(23)20-8-4-3-5-9-20)34-16-24(30)26-19-7-6-10-21(15-19)33-2/h3-15H,16-17H2,1-2H3,(H,26,30).